The van der Waals surface area contributed by atoms with Crippen molar-refractivity contribution in [3.05, 3.63) is 70.7 Å². The summed E-state index contributed by atoms with van der Waals surface area (Å²) in [5.74, 6) is -0.122. The molecule has 0 radical (unpaired) electrons. The number of halogens is 1. The molecule has 1 fully saturated rings. The molecule has 0 aromatic carbocycles. The van der Waals surface area contributed by atoms with E-state index >= 15 is 0 Å². The molecule has 5 rings (SSSR count). The van der Waals surface area contributed by atoms with E-state index in [2.05, 4.69) is 31.0 Å². The predicted octanol–water partition coefficient (Wildman–Crippen LogP) is 2.11. The van der Waals surface area contributed by atoms with Crippen molar-refractivity contribution in [3.63, 3.8) is 0 Å². The number of carbonyl (C=O) groups is 1. The van der Waals surface area contributed by atoms with Gasteiger partial charge in [-0.25, -0.2) is 14.5 Å². The summed E-state index contributed by atoms with van der Waals surface area (Å²) in [7, 11) is 3.32. The smallest absolute Gasteiger partial charge is 0.282 e. The number of fused-ring (bicyclic) bond motifs is 1. The van der Waals surface area contributed by atoms with E-state index in [1.807, 2.05) is 0 Å². The second-order valence-electron chi connectivity index (χ2n) is 8.02. The summed E-state index contributed by atoms with van der Waals surface area (Å²) in [6.07, 6.45) is 4.62. The van der Waals surface area contributed by atoms with Gasteiger partial charge < -0.3 is 20.7 Å². The Morgan fingerprint density at radius 3 is 2.77 bits per heavy atom. The van der Waals surface area contributed by atoms with E-state index in [9.17, 15) is 14.0 Å². The molecule has 1 aliphatic rings. The number of aromatic nitrogens is 5. The van der Waals surface area contributed by atoms with Crippen LogP contribution in [0.25, 0.3) is 11.5 Å². The van der Waals surface area contributed by atoms with Crippen LogP contribution in [0.15, 0.2) is 53.6 Å². The van der Waals surface area contributed by atoms with Crippen molar-refractivity contribution in [2.24, 2.45) is 0 Å². The highest BCUT2D eigenvalue weighted by atomic mass is 19.1. The number of carbonyl (C=O) groups excluding carboxylic acids is 1. The van der Waals surface area contributed by atoms with E-state index in [0.717, 1.165) is 17.4 Å². The molecule has 1 amide bonds. The third kappa shape index (κ3) is 4.08. The molecule has 35 heavy (non-hydrogen) atoms. The largest absolute Gasteiger partial charge is 0.379 e. The number of nitrogens with zero attached hydrogens (tertiary/aromatic N) is 5. The number of amides is 1. The van der Waals surface area contributed by atoms with Gasteiger partial charge in [-0.1, -0.05) is 6.07 Å². The standard InChI is InChI=1S/C23H23FN8O3/c1-25-20-11-18(28-15-7-9-17(24)31(23(15)34)19-5-3-4-10-26-19)30-21-13(12-27-32(20)21)22(33)29-14-6-8-16(14)35-2/h3-5,7,9-12,14,16,25H,6,8H2,1-2H3,(H,28,30)(H,29,33). The lowest BCUT2D eigenvalue weighted by molar-refractivity contribution is 0.00732. The van der Waals surface area contributed by atoms with Crippen LogP contribution in [-0.2, 0) is 4.74 Å². The van der Waals surface area contributed by atoms with E-state index in [1.165, 1.54) is 35.1 Å². The van der Waals surface area contributed by atoms with Crippen LogP contribution in [0.4, 0.5) is 21.7 Å². The maximum absolute atomic E-state index is 14.5. The van der Waals surface area contributed by atoms with Crippen LogP contribution < -0.4 is 21.5 Å². The second kappa shape index (κ2) is 9.14. The van der Waals surface area contributed by atoms with Crippen molar-refractivity contribution < 1.29 is 13.9 Å². The van der Waals surface area contributed by atoms with Gasteiger partial charge in [0.1, 0.15) is 28.7 Å². The van der Waals surface area contributed by atoms with E-state index in [0.29, 0.717) is 5.82 Å². The van der Waals surface area contributed by atoms with Crippen LogP contribution in [0.1, 0.15) is 23.2 Å². The van der Waals surface area contributed by atoms with Gasteiger partial charge in [0.15, 0.2) is 5.65 Å². The Bertz CT molecular complexity index is 1450. The van der Waals surface area contributed by atoms with Crippen molar-refractivity contribution in [1.29, 1.82) is 0 Å². The SMILES string of the molecule is CNc1cc(Nc2ccc(F)n(-c3ccccn3)c2=O)nc2c(C(=O)NC3CCC3OC)cnn12. The highest BCUT2D eigenvalue weighted by Crippen LogP contribution is 2.25. The molecular formula is C23H23FN8O3. The fourth-order valence-corrected chi connectivity index (χ4v) is 3.98. The highest BCUT2D eigenvalue weighted by Gasteiger charge is 2.33. The van der Waals surface area contributed by atoms with Gasteiger partial charge in [0, 0.05) is 26.4 Å². The first-order valence-corrected chi connectivity index (χ1v) is 11.0. The Morgan fingerprint density at radius 2 is 2.09 bits per heavy atom. The third-order valence-electron chi connectivity index (χ3n) is 5.98. The van der Waals surface area contributed by atoms with Crippen LogP contribution in [0.3, 0.4) is 0 Å². The fourth-order valence-electron chi connectivity index (χ4n) is 3.98. The van der Waals surface area contributed by atoms with Gasteiger partial charge in [-0.2, -0.15) is 14.0 Å². The molecule has 0 spiro atoms. The Morgan fingerprint density at radius 1 is 1.23 bits per heavy atom. The molecule has 4 heterocycles. The molecule has 4 aromatic rings. The number of ether oxygens (including phenoxy) is 1. The van der Waals surface area contributed by atoms with E-state index < -0.39 is 11.5 Å². The van der Waals surface area contributed by atoms with Gasteiger partial charge in [-0.15, -0.1) is 0 Å². The average Bonchev–Trinajstić information content (AvgIpc) is 3.28. The first kappa shape index (κ1) is 22.5. The number of hydrogen-bond acceptors (Lipinski definition) is 8. The highest BCUT2D eigenvalue weighted by molar-refractivity contribution is 6.00. The molecule has 0 bridgehead atoms. The lowest BCUT2D eigenvalue weighted by Crippen LogP contribution is -2.51. The minimum absolute atomic E-state index is 0.0152. The Labute approximate surface area is 199 Å². The number of rotatable bonds is 7. The minimum atomic E-state index is -0.751. The molecule has 0 aliphatic heterocycles. The molecule has 2 atom stereocenters. The van der Waals surface area contributed by atoms with Gasteiger partial charge >= 0.3 is 0 Å². The van der Waals surface area contributed by atoms with Crippen LogP contribution in [-0.4, -0.2) is 56.4 Å². The quantitative estimate of drug-likeness (QED) is 0.345. The zero-order chi connectivity index (χ0) is 24.5. The summed E-state index contributed by atoms with van der Waals surface area (Å²) in [6.45, 7) is 0. The molecule has 12 heteroatoms. The fraction of sp³-hybridized carbons (Fsp3) is 0.261. The van der Waals surface area contributed by atoms with Crippen LogP contribution in [0.5, 0.6) is 0 Å². The van der Waals surface area contributed by atoms with Gasteiger partial charge in [0.05, 0.1) is 18.3 Å². The minimum Gasteiger partial charge on any atom is -0.379 e. The van der Waals surface area contributed by atoms with Crippen LogP contribution in [0, 0.1) is 5.95 Å². The van der Waals surface area contributed by atoms with Crippen molar-refractivity contribution in [2.45, 2.75) is 25.0 Å². The van der Waals surface area contributed by atoms with Crippen molar-refractivity contribution in [3.8, 4) is 5.82 Å². The number of pyridine rings is 2. The third-order valence-corrected chi connectivity index (χ3v) is 5.98. The lowest BCUT2D eigenvalue weighted by Gasteiger charge is -2.35. The maximum Gasteiger partial charge on any atom is 0.282 e. The van der Waals surface area contributed by atoms with E-state index in [4.69, 9.17) is 4.74 Å². The lowest BCUT2D eigenvalue weighted by atomic mass is 9.89. The summed E-state index contributed by atoms with van der Waals surface area (Å²) in [5.41, 5.74) is 0.00605. The molecule has 180 valence electrons. The molecule has 4 aromatic heterocycles. The van der Waals surface area contributed by atoms with Gasteiger partial charge in [0.25, 0.3) is 11.5 Å². The first-order valence-electron chi connectivity index (χ1n) is 11.0. The Hall–Kier alpha value is -4.32. The summed E-state index contributed by atoms with van der Waals surface area (Å²) >= 11 is 0. The molecule has 3 N–H and O–H groups in total. The van der Waals surface area contributed by atoms with E-state index in [-0.39, 0.29) is 46.6 Å². The van der Waals surface area contributed by atoms with Crippen LogP contribution in [0.2, 0.25) is 0 Å². The van der Waals surface area contributed by atoms with Crippen LogP contribution >= 0.6 is 0 Å². The average molecular weight is 478 g/mol. The molecule has 11 nitrogen and oxygen atoms in total. The van der Waals surface area contributed by atoms with Crippen molar-refractivity contribution >= 4 is 28.9 Å². The topological polar surface area (TPSA) is 127 Å². The molecular weight excluding hydrogens is 455 g/mol. The number of hydrogen-bond donors (Lipinski definition) is 3. The summed E-state index contributed by atoms with van der Waals surface area (Å²) in [5, 5.41) is 13.2. The van der Waals surface area contributed by atoms with E-state index in [1.54, 1.807) is 32.4 Å². The summed E-state index contributed by atoms with van der Waals surface area (Å²) in [6, 6.07) is 8.91. The van der Waals surface area contributed by atoms with Crippen molar-refractivity contribution in [1.82, 2.24) is 29.5 Å². The number of methoxy groups -OCH3 is 1. The Balaban J connectivity index is 1.50. The Kier molecular flexibility index (Phi) is 5.87. The van der Waals surface area contributed by atoms with Gasteiger partial charge in [-0.05, 0) is 37.1 Å². The first-order chi connectivity index (χ1) is 17.0. The van der Waals surface area contributed by atoms with Gasteiger partial charge in [0.2, 0.25) is 5.95 Å². The molecule has 0 saturated heterocycles. The molecule has 2 unspecified atom stereocenters. The maximum atomic E-state index is 14.5. The summed E-state index contributed by atoms with van der Waals surface area (Å²) < 4.78 is 22.2. The zero-order valence-corrected chi connectivity index (χ0v) is 19.0. The number of nitrogens with one attached hydrogen (secondary N) is 3. The van der Waals surface area contributed by atoms with Gasteiger partial charge in [-0.3, -0.25) is 9.59 Å². The zero-order valence-electron chi connectivity index (χ0n) is 19.0. The predicted molar refractivity (Wildman–Crippen MR) is 127 cm³/mol. The molecule has 1 aliphatic carbocycles. The molecule has 1 saturated carbocycles. The second-order valence-corrected chi connectivity index (χ2v) is 8.02. The monoisotopic (exact) mass is 478 g/mol. The number of anilines is 3. The summed E-state index contributed by atoms with van der Waals surface area (Å²) in [4.78, 5) is 34.6. The normalized spacial score (nSPS) is 17.1. The van der Waals surface area contributed by atoms with Crippen molar-refractivity contribution in [2.75, 3.05) is 24.8 Å².